The maximum atomic E-state index is 12.8. The molecular formula is C18H23NO5S. The van der Waals surface area contributed by atoms with Crippen LogP contribution >= 0.6 is 0 Å². The highest BCUT2D eigenvalue weighted by molar-refractivity contribution is 7.90. The molecule has 2 fully saturated rings. The number of hydrogen-bond acceptors (Lipinski definition) is 4. The number of sulfone groups is 1. The fourth-order valence-electron chi connectivity index (χ4n) is 4.36. The molecule has 136 valence electrons. The summed E-state index contributed by atoms with van der Waals surface area (Å²) in [5.41, 5.74) is 1.73. The average molecular weight is 365 g/mol. The van der Waals surface area contributed by atoms with Crippen LogP contribution in [0.5, 0.6) is 0 Å². The minimum Gasteiger partial charge on any atom is -0.481 e. The first-order chi connectivity index (χ1) is 11.6. The van der Waals surface area contributed by atoms with Crippen LogP contribution in [-0.2, 0) is 14.6 Å². The van der Waals surface area contributed by atoms with E-state index < -0.39 is 27.6 Å². The number of carbonyl (C=O) groups is 2. The Bertz CT molecular complexity index is 845. The molecule has 0 aliphatic heterocycles. The maximum absolute atomic E-state index is 12.8. The molecule has 1 aromatic rings. The molecule has 2 saturated carbocycles. The normalized spacial score (nSPS) is 28.1. The van der Waals surface area contributed by atoms with E-state index in [9.17, 15) is 23.1 Å². The van der Waals surface area contributed by atoms with Gasteiger partial charge >= 0.3 is 5.97 Å². The fourth-order valence-corrected chi connectivity index (χ4v) is 5.08. The lowest BCUT2D eigenvalue weighted by atomic mass is 9.84. The first-order valence-electron chi connectivity index (χ1n) is 8.44. The molecule has 0 spiro atoms. The molecule has 25 heavy (non-hydrogen) atoms. The molecule has 6 nitrogen and oxygen atoms in total. The van der Waals surface area contributed by atoms with Gasteiger partial charge in [0.2, 0.25) is 0 Å². The maximum Gasteiger partial charge on any atom is 0.308 e. The molecule has 0 aromatic heterocycles. The van der Waals surface area contributed by atoms with E-state index in [2.05, 4.69) is 5.32 Å². The number of carbonyl (C=O) groups excluding carboxylic acids is 1. The van der Waals surface area contributed by atoms with Gasteiger partial charge in [-0.25, -0.2) is 8.42 Å². The summed E-state index contributed by atoms with van der Waals surface area (Å²) in [5.74, 6) is -1.50. The quantitative estimate of drug-likeness (QED) is 0.849. The second kappa shape index (κ2) is 6.12. The number of benzene rings is 1. The average Bonchev–Trinajstić information content (AvgIpc) is 3.09. The Morgan fingerprint density at radius 3 is 2.40 bits per heavy atom. The van der Waals surface area contributed by atoms with Crippen molar-refractivity contribution in [1.82, 2.24) is 5.32 Å². The van der Waals surface area contributed by atoms with Gasteiger partial charge in [0.05, 0.1) is 10.8 Å². The molecule has 2 aliphatic rings. The number of hydrogen-bond donors (Lipinski definition) is 2. The molecule has 2 bridgehead atoms. The molecule has 3 rings (SSSR count). The lowest BCUT2D eigenvalue weighted by molar-refractivity contribution is -0.144. The Morgan fingerprint density at radius 1 is 1.16 bits per heavy atom. The SMILES string of the molecule is Cc1cc(S(C)(=O)=O)cc(C(=O)N[C@H]2[C@@H]3CC[C@@H](C3)[C@H]2C(=O)O)c1C. The minimum atomic E-state index is -3.43. The molecule has 2 aliphatic carbocycles. The highest BCUT2D eigenvalue weighted by Gasteiger charge is 2.51. The van der Waals surface area contributed by atoms with Gasteiger partial charge in [0.25, 0.3) is 5.91 Å². The Kier molecular flexibility index (Phi) is 4.39. The molecule has 0 unspecified atom stereocenters. The van der Waals surface area contributed by atoms with Crippen LogP contribution in [0.3, 0.4) is 0 Å². The van der Waals surface area contributed by atoms with Crippen LogP contribution in [0.4, 0.5) is 0 Å². The van der Waals surface area contributed by atoms with Gasteiger partial charge in [-0.2, -0.15) is 0 Å². The van der Waals surface area contributed by atoms with E-state index in [1.807, 2.05) is 0 Å². The molecule has 7 heteroatoms. The minimum absolute atomic E-state index is 0.100. The van der Waals surface area contributed by atoms with E-state index in [4.69, 9.17) is 0 Å². The Labute approximate surface area is 147 Å². The van der Waals surface area contributed by atoms with E-state index in [1.165, 1.54) is 6.07 Å². The summed E-state index contributed by atoms with van der Waals surface area (Å²) in [4.78, 5) is 24.5. The van der Waals surface area contributed by atoms with Gasteiger partial charge in [0, 0.05) is 17.9 Å². The third-order valence-corrected chi connectivity index (χ3v) is 6.90. The van der Waals surface area contributed by atoms with Crippen LogP contribution in [-0.4, -0.2) is 37.7 Å². The van der Waals surface area contributed by atoms with Crippen LogP contribution in [0.2, 0.25) is 0 Å². The van der Waals surface area contributed by atoms with Gasteiger partial charge in [-0.3, -0.25) is 9.59 Å². The van der Waals surface area contributed by atoms with E-state index in [0.29, 0.717) is 11.1 Å². The second-order valence-electron chi connectivity index (χ2n) is 7.38. The zero-order chi connectivity index (χ0) is 18.5. The summed E-state index contributed by atoms with van der Waals surface area (Å²) < 4.78 is 23.7. The van der Waals surface area contributed by atoms with Crippen molar-refractivity contribution in [3.63, 3.8) is 0 Å². The Balaban J connectivity index is 1.91. The van der Waals surface area contributed by atoms with Crippen LogP contribution in [0.25, 0.3) is 0 Å². The topological polar surface area (TPSA) is 101 Å². The Hall–Kier alpha value is -1.89. The summed E-state index contributed by atoms with van der Waals surface area (Å²) in [6, 6.07) is 2.56. The van der Waals surface area contributed by atoms with Gasteiger partial charge in [0.15, 0.2) is 9.84 Å². The number of carboxylic acid groups (broad SMARTS) is 1. The van der Waals surface area contributed by atoms with Gasteiger partial charge in [-0.05, 0) is 68.2 Å². The van der Waals surface area contributed by atoms with Crippen molar-refractivity contribution in [3.8, 4) is 0 Å². The van der Waals surface area contributed by atoms with Crippen LogP contribution < -0.4 is 5.32 Å². The third-order valence-electron chi connectivity index (χ3n) is 5.81. The van der Waals surface area contributed by atoms with Crippen molar-refractivity contribution in [1.29, 1.82) is 0 Å². The largest absolute Gasteiger partial charge is 0.481 e. The first kappa shape index (κ1) is 17.9. The predicted octanol–water partition coefficient (Wildman–Crippen LogP) is 1.94. The zero-order valence-electron chi connectivity index (χ0n) is 14.6. The molecule has 0 heterocycles. The summed E-state index contributed by atoms with van der Waals surface area (Å²) >= 11 is 0. The highest BCUT2D eigenvalue weighted by Crippen LogP contribution is 2.48. The number of fused-ring (bicyclic) bond motifs is 2. The Morgan fingerprint density at radius 2 is 1.80 bits per heavy atom. The summed E-state index contributed by atoms with van der Waals surface area (Å²) in [6.45, 7) is 3.53. The first-order valence-corrected chi connectivity index (χ1v) is 10.3. The predicted molar refractivity (Wildman–Crippen MR) is 92.2 cm³/mol. The molecule has 0 saturated heterocycles. The lowest BCUT2D eigenvalue weighted by Gasteiger charge is -2.29. The number of carboxylic acids is 1. The second-order valence-corrected chi connectivity index (χ2v) is 9.40. The smallest absolute Gasteiger partial charge is 0.308 e. The van der Waals surface area contributed by atoms with E-state index in [-0.39, 0.29) is 22.8 Å². The summed E-state index contributed by atoms with van der Waals surface area (Å²) in [7, 11) is -3.43. The van der Waals surface area contributed by atoms with Crippen molar-refractivity contribution in [3.05, 3.63) is 28.8 Å². The van der Waals surface area contributed by atoms with Crippen molar-refractivity contribution in [2.45, 2.75) is 44.0 Å². The third kappa shape index (κ3) is 3.17. The summed E-state index contributed by atoms with van der Waals surface area (Å²) in [6.07, 6.45) is 3.77. The standard InChI is InChI=1S/C18H23NO5S/c1-9-6-13(25(3,23)24)8-14(10(9)2)17(20)19-16-12-5-4-11(7-12)15(16)18(21)22/h6,8,11-12,15-16H,4-5,7H2,1-3H3,(H,19,20)(H,21,22)/t11-,12+,15+,16-/m0/s1. The molecule has 1 aromatic carbocycles. The van der Waals surface area contributed by atoms with Crippen LogP contribution in [0.1, 0.15) is 40.7 Å². The lowest BCUT2D eigenvalue weighted by Crippen LogP contribution is -2.47. The molecule has 0 radical (unpaired) electrons. The number of rotatable bonds is 4. The van der Waals surface area contributed by atoms with E-state index >= 15 is 0 Å². The summed E-state index contributed by atoms with van der Waals surface area (Å²) in [5, 5.41) is 12.4. The van der Waals surface area contributed by atoms with Gasteiger partial charge in [-0.1, -0.05) is 0 Å². The van der Waals surface area contributed by atoms with Crippen LogP contribution in [0.15, 0.2) is 17.0 Å². The van der Waals surface area contributed by atoms with Crippen molar-refractivity contribution in [2.75, 3.05) is 6.26 Å². The molecule has 1 amide bonds. The number of aryl methyl sites for hydroxylation is 1. The van der Waals surface area contributed by atoms with E-state index in [1.54, 1.807) is 19.9 Å². The fraction of sp³-hybridized carbons (Fsp3) is 0.556. The van der Waals surface area contributed by atoms with Gasteiger partial charge < -0.3 is 10.4 Å². The highest BCUT2D eigenvalue weighted by atomic mass is 32.2. The molecular weight excluding hydrogens is 342 g/mol. The molecule has 2 N–H and O–H groups in total. The van der Waals surface area contributed by atoms with E-state index in [0.717, 1.165) is 31.1 Å². The van der Waals surface area contributed by atoms with Gasteiger partial charge in [-0.15, -0.1) is 0 Å². The zero-order valence-corrected chi connectivity index (χ0v) is 15.4. The van der Waals surface area contributed by atoms with Crippen molar-refractivity contribution in [2.24, 2.45) is 17.8 Å². The monoisotopic (exact) mass is 365 g/mol. The van der Waals surface area contributed by atoms with Crippen molar-refractivity contribution >= 4 is 21.7 Å². The van der Waals surface area contributed by atoms with Gasteiger partial charge in [0.1, 0.15) is 0 Å². The number of aliphatic carboxylic acids is 1. The van der Waals surface area contributed by atoms with Crippen molar-refractivity contribution < 1.29 is 23.1 Å². The number of nitrogens with one attached hydrogen (secondary N) is 1. The molecule has 4 atom stereocenters. The van der Waals surface area contributed by atoms with Crippen LogP contribution in [0, 0.1) is 31.6 Å². The number of amides is 1.